The molecule has 5 heteroatoms. The minimum Gasteiger partial charge on any atom is -0.386 e. The second-order valence-corrected chi connectivity index (χ2v) is 7.60. The molecule has 3 aromatic rings. The molecule has 0 aliphatic carbocycles. The van der Waals surface area contributed by atoms with Crippen molar-refractivity contribution in [2.45, 2.75) is 32.4 Å². The second-order valence-electron chi connectivity index (χ2n) is 7.17. The lowest BCUT2D eigenvalue weighted by Crippen LogP contribution is -2.28. The fourth-order valence-electron chi connectivity index (χ4n) is 3.05. The van der Waals surface area contributed by atoms with Crippen molar-refractivity contribution in [3.63, 3.8) is 0 Å². The van der Waals surface area contributed by atoms with Gasteiger partial charge in [-0.2, -0.15) is 0 Å². The molecule has 0 saturated carbocycles. The Morgan fingerprint density at radius 3 is 2.42 bits per heavy atom. The second kappa shape index (κ2) is 6.78. The Hall–Kier alpha value is -2.30. The van der Waals surface area contributed by atoms with Crippen LogP contribution in [0.2, 0.25) is 5.02 Å². The SMILES string of the molecule is CC(NC(=O)c1cc2ccc(Cl)cc2n1C)c1ccc(C(C)(C)O)cc1. The van der Waals surface area contributed by atoms with Gasteiger partial charge in [-0.15, -0.1) is 0 Å². The standard InChI is InChI=1S/C21H23ClN2O2/c1-13(14-5-8-16(9-6-14)21(2,3)26)23-20(25)19-11-15-7-10-17(22)12-18(15)24(19)4/h5-13,26H,1-4H3,(H,23,25). The summed E-state index contributed by atoms with van der Waals surface area (Å²) >= 11 is 6.06. The molecule has 2 aromatic carbocycles. The molecule has 0 fully saturated rings. The summed E-state index contributed by atoms with van der Waals surface area (Å²) in [6, 6.07) is 14.9. The van der Waals surface area contributed by atoms with Crippen molar-refractivity contribution in [3.8, 4) is 0 Å². The number of fused-ring (bicyclic) bond motifs is 1. The van der Waals surface area contributed by atoms with E-state index >= 15 is 0 Å². The first-order chi connectivity index (χ1) is 12.2. The number of benzene rings is 2. The van der Waals surface area contributed by atoms with E-state index in [9.17, 15) is 9.90 Å². The van der Waals surface area contributed by atoms with Crippen molar-refractivity contribution in [1.82, 2.24) is 9.88 Å². The molecule has 26 heavy (non-hydrogen) atoms. The first-order valence-electron chi connectivity index (χ1n) is 8.55. The minimum absolute atomic E-state index is 0.140. The molecule has 0 bridgehead atoms. The molecule has 136 valence electrons. The highest BCUT2D eigenvalue weighted by Gasteiger charge is 2.18. The van der Waals surface area contributed by atoms with E-state index in [0.29, 0.717) is 10.7 Å². The van der Waals surface area contributed by atoms with Crippen LogP contribution in [0.25, 0.3) is 10.9 Å². The topological polar surface area (TPSA) is 54.3 Å². The summed E-state index contributed by atoms with van der Waals surface area (Å²) in [4.78, 5) is 12.7. The lowest BCUT2D eigenvalue weighted by atomic mass is 9.96. The zero-order chi connectivity index (χ0) is 19.1. The Labute approximate surface area is 158 Å². The predicted octanol–water partition coefficient (Wildman–Crippen LogP) is 4.55. The summed E-state index contributed by atoms with van der Waals surface area (Å²) in [7, 11) is 1.86. The fraction of sp³-hybridized carbons (Fsp3) is 0.286. The molecule has 1 atom stereocenters. The maximum Gasteiger partial charge on any atom is 0.268 e. The highest BCUT2D eigenvalue weighted by atomic mass is 35.5. The summed E-state index contributed by atoms with van der Waals surface area (Å²) in [5.41, 5.74) is 2.45. The van der Waals surface area contributed by atoms with E-state index in [1.165, 1.54) is 0 Å². The van der Waals surface area contributed by atoms with Crippen molar-refractivity contribution >= 4 is 28.4 Å². The number of halogens is 1. The van der Waals surface area contributed by atoms with E-state index in [0.717, 1.165) is 22.0 Å². The van der Waals surface area contributed by atoms with Crippen molar-refractivity contribution < 1.29 is 9.90 Å². The maximum atomic E-state index is 12.7. The number of aryl methyl sites for hydroxylation is 1. The first kappa shape index (κ1) is 18.5. The molecule has 1 amide bonds. The molecular weight excluding hydrogens is 348 g/mol. The summed E-state index contributed by atoms with van der Waals surface area (Å²) < 4.78 is 1.85. The van der Waals surface area contributed by atoms with Crippen LogP contribution in [0, 0.1) is 0 Å². The van der Waals surface area contributed by atoms with Crippen LogP contribution in [0.1, 0.15) is 48.4 Å². The lowest BCUT2D eigenvalue weighted by Gasteiger charge is -2.20. The molecule has 0 aliphatic heterocycles. The zero-order valence-electron chi connectivity index (χ0n) is 15.4. The maximum absolute atomic E-state index is 12.7. The van der Waals surface area contributed by atoms with E-state index in [-0.39, 0.29) is 11.9 Å². The molecular formula is C21H23ClN2O2. The summed E-state index contributed by atoms with van der Waals surface area (Å²) in [5, 5.41) is 14.7. The first-order valence-corrected chi connectivity index (χ1v) is 8.93. The van der Waals surface area contributed by atoms with Crippen LogP contribution >= 0.6 is 11.6 Å². The zero-order valence-corrected chi connectivity index (χ0v) is 16.1. The third-order valence-electron chi connectivity index (χ3n) is 4.70. The van der Waals surface area contributed by atoms with E-state index < -0.39 is 5.60 Å². The van der Waals surface area contributed by atoms with Crippen LogP contribution in [-0.2, 0) is 12.6 Å². The highest BCUT2D eigenvalue weighted by molar-refractivity contribution is 6.31. The van der Waals surface area contributed by atoms with Crippen molar-refractivity contribution in [2.75, 3.05) is 0 Å². The molecule has 0 spiro atoms. The largest absolute Gasteiger partial charge is 0.386 e. The number of amides is 1. The summed E-state index contributed by atoms with van der Waals surface area (Å²) in [5.74, 6) is -0.140. The number of aromatic nitrogens is 1. The van der Waals surface area contributed by atoms with Gasteiger partial charge >= 0.3 is 0 Å². The third kappa shape index (κ3) is 3.62. The molecule has 4 nitrogen and oxygen atoms in total. The summed E-state index contributed by atoms with van der Waals surface area (Å²) in [6.07, 6.45) is 0. The van der Waals surface area contributed by atoms with Gasteiger partial charge in [0, 0.05) is 23.0 Å². The molecule has 1 heterocycles. The van der Waals surface area contributed by atoms with Gasteiger partial charge in [-0.3, -0.25) is 4.79 Å². The highest BCUT2D eigenvalue weighted by Crippen LogP contribution is 2.24. The van der Waals surface area contributed by atoms with Gasteiger partial charge in [0.25, 0.3) is 5.91 Å². The Kier molecular flexibility index (Phi) is 4.82. The van der Waals surface area contributed by atoms with E-state index in [1.807, 2.05) is 67.1 Å². The number of hydrogen-bond acceptors (Lipinski definition) is 2. The monoisotopic (exact) mass is 370 g/mol. The van der Waals surface area contributed by atoms with Crippen LogP contribution in [-0.4, -0.2) is 15.6 Å². The minimum atomic E-state index is -0.880. The number of hydrogen-bond donors (Lipinski definition) is 2. The number of carbonyl (C=O) groups excluding carboxylic acids is 1. The van der Waals surface area contributed by atoms with Crippen molar-refractivity contribution in [1.29, 1.82) is 0 Å². The Morgan fingerprint density at radius 1 is 1.15 bits per heavy atom. The van der Waals surface area contributed by atoms with Gasteiger partial charge in [-0.05, 0) is 50.1 Å². The Bertz CT molecular complexity index is 953. The van der Waals surface area contributed by atoms with Gasteiger partial charge in [-0.25, -0.2) is 0 Å². The van der Waals surface area contributed by atoms with Crippen molar-refractivity contribution in [3.05, 3.63) is 70.4 Å². The normalized spacial score (nSPS) is 13.0. The van der Waals surface area contributed by atoms with E-state index in [2.05, 4.69) is 5.32 Å². The number of rotatable bonds is 4. The molecule has 0 radical (unpaired) electrons. The Balaban J connectivity index is 1.80. The molecule has 0 saturated heterocycles. The van der Waals surface area contributed by atoms with Crippen LogP contribution in [0.4, 0.5) is 0 Å². The quantitative estimate of drug-likeness (QED) is 0.707. The average Bonchev–Trinajstić information content (AvgIpc) is 2.91. The number of carbonyl (C=O) groups is 1. The van der Waals surface area contributed by atoms with Gasteiger partial charge in [0.05, 0.1) is 11.6 Å². The molecule has 3 rings (SSSR count). The number of nitrogens with one attached hydrogen (secondary N) is 1. The molecule has 1 unspecified atom stereocenters. The average molecular weight is 371 g/mol. The summed E-state index contributed by atoms with van der Waals surface area (Å²) in [6.45, 7) is 5.44. The van der Waals surface area contributed by atoms with Gasteiger partial charge in [0.2, 0.25) is 0 Å². The van der Waals surface area contributed by atoms with Crippen LogP contribution in [0.3, 0.4) is 0 Å². The van der Waals surface area contributed by atoms with Gasteiger partial charge in [0.1, 0.15) is 5.69 Å². The number of nitrogens with zero attached hydrogens (tertiary/aromatic N) is 1. The molecule has 2 N–H and O–H groups in total. The van der Waals surface area contributed by atoms with Crippen LogP contribution in [0.5, 0.6) is 0 Å². The van der Waals surface area contributed by atoms with E-state index in [4.69, 9.17) is 11.6 Å². The smallest absolute Gasteiger partial charge is 0.268 e. The number of aliphatic hydroxyl groups is 1. The lowest BCUT2D eigenvalue weighted by molar-refractivity contribution is 0.0785. The fourth-order valence-corrected chi connectivity index (χ4v) is 3.22. The predicted molar refractivity (Wildman–Crippen MR) is 105 cm³/mol. The molecule has 1 aromatic heterocycles. The van der Waals surface area contributed by atoms with Gasteiger partial charge in [0.15, 0.2) is 0 Å². The third-order valence-corrected chi connectivity index (χ3v) is 4.94. The van der Waals surface area contributed by atoms with Crippen LogP contribution in [0.15, 0.2) is 48.5 Å². The van der Waals surface area contributed by atoms with E-state index in [1.54, 1.807) is 13.8 Å². The van der Waals surface area contributed by atoms with Gasteiger partial charge in [-0.1, -0.05) is 41.9 Å². The molecule has 0 aliphatic rings. The van der Waals surface area contributed by atoms with Crippen LogP contribution < -0.4 is 5.32 Å². The Morgan fingerprint density at radius 2 is 1.81 bits per heavy atom. The van der Waals surface area contributed by atoms with Crippen molar-refractivity contribution in [2.24, 2.45) is 7.05 Å². The van der Waals surface area contributed by atoms with Gasteiger partial charge < -0.3 is 15.0 Å².